The number of carboxylic acids is 1. The van der Waals surface area contributed by atoms with Crippen molar-refractivity contribution in [3.05, 3.63) is 82.5 Å². The van der Waals surface area contributed by atoms with Crippen LogP contribution in [0.5, 0.6) is 5.75 Å². The summed E-state index contributed by atoms with van der Waals surface area (Å²) in [6.45, 7) is -0.101. The number of alkyl halides is 3. The minimum Gasteiger partial charge on any atom is -0.488 e. The van der Waals surface area contributed by atoms with Gasteiger partial charge in [0.2, 0.25) is 0 Å². The highest BCUT2D eigenvalue weighted by molar-refractivity contribution is 5.94. The molecule has 0 saturated heterocycles. The highest BCUT2D eigenvalue weighted by Gasteiger charge is 2.32. The van der Waals surface area contributed by atoms with E-state index >= 15 is 0 Å². The summed E-state index contributed by atoms with van der Waals surface area (Å²) in [5.41, 5.74) is 1.39. The van der Waals surface area contributed by atoms with Crippen molar-refractivity contribution in [3.63, 3.8) is 0 Å². The Balaban J connectivity index is 1.78. The van der Waals surface area contributed by atoms with Crippen molar-refractivity contribution in [1.82, 2.24) is 4.98 Å². The fraction of sp³-hybridized carbons (Fsp3) is 0.280. The van der Waals surface area contributed by atoms with Crippen LogP contribution in [0.15, 0.2) is 60.0 Å². The summed E-state index contributed by atoms with van der Waals surface area (Å²) in [4.78, 5) is 15.5. The molecule has 4 rings (SSSR count). The maximum Gasteiger partial charge on any atom is 0.416 e. The van der Waals surface area contributed by atoms with Crippen molar-refractivity contribution in [2.45, 2.75) is 38.3 Å². The van der Waals surface area contributed by atoms with Crippen LogP contribution in [0.1, 0.15) is 59.4 Å². The predicted octanol–water partition coefficient (Wildman–Crippen LogP) is 6.85. The number of hydrogen-bond acceptors (Lipinski definition) is 3. The van der Waals surface area contributed by atoms with Gasteiger partial charge in [-0.15, -0.1) is 0 Å². The summed E-state index contributed by atoms with van der Waals surface area (Å²) < 4.78 is 60.3. The normalized spacial score (nSPS) is 16.5. The Morgan fingerprint density at radius 3 is 2.61 bits per heavy atom. The van der Waals surface area contributed by atoms with Crippen LogP contribution in [0.2, 0.25) is 0 Å². The summed E-state index contributed by atoms with van der Waals surface area (Å²) >= 11 is 0. The number of ether oxygens (including phenoxy) is 1. The molecule has 0 spiro atoms. The number of aromatic carboxylic acids is 1. The monoisotopic (exact) mass is 459 g/mol. The summed E-state index contributed by atoms with van der Waals surface area (Å²) in [7, 11) is 0. The maximum absolute atomic E-state index is 14.1. The van der Waals surface area contributed by atoms with E-state index in [0.717, 1.165) is 12.1 Å². The molecule has 2 aromatic rings. The lowest BCUT2D eigenvalue weighted by molar-refractivity contribution is -0.137. The zero-order valence-corrected chi connectivity index (χ0v) is 17.6. The zero-order valence-electron chi connectivity index (χ0n) is 17.6. The number of benzene rings is 1. The van der Waals surface area contributed by atoms with Crippen molar-refractivity contribution < 1.29 is 32.2 Å². The van der Waals surface area contributed by atoms with E-state index in [9.17, 15) is 27.5 Å². The first-order chi connectivity index (χ1) is 15.7. The number of aromatic nitrogens is 1. The van der Waals surface area contributed by atoms with Crippen molar-refractivity contribution in [2.24, 2.45) is 0 Å². The van der Waals surface area contributed by atoms with Gasteiger partial charge in [0.1, 0.15) is 23.9 Å². The van der Waals surface area contributed by atoms with Gasteiger partial charge < -0.3 is 9.84 Å². The Morgan fingerprint density at radius 1 is 1.09 bits per heavy atom. The van der Waals surface area contributed by atoms with Crippen molar-refractivity contribution in [3.8, 4) is 5.75 Å². The molecule has 0 fully saturated rings. The Morgan fingerprint density at radius 2 is 1.88 bits per heavy atom. The van der Waals surface area contributed by atoms with Gasteiger partial charge in [-0.2, -0.15) is 13.2 Å². The molecule has 0 unspecified atom stereocenters. The highest BCUT2D eigenvalue weighted by atomic mass is 19.4. The van der Waals surface area contributed by atoms with Gasteiger partial charge in [0, 0.05) is 17.6 Å². The van der Waals surface area contributed by atoms with E-state index in [0.29, 0.717) is 48.1 Å². The number of carbonyl (C=O) groups is 1. The Labute approximate surface area is 187 Å². The number of halogens is 4. The van der Waals surface area contributed by atoms with Crippen molar-refractivity contribution >= 4 is 17.1 Å². The lowest BCUT2D eigenvalue weighted by Crippen LogP contribution is -2.09. The fourth-order valence-electron chi connectivity index (χ4n) is 4.08. The lowest BCUT2D eigenvalue weighted by Gasteiger charge is -2.18. The summed E-state index contributed by atoms with van der Waals surface area (Å²) in [6.07, 6.45) is 1.50. The maximum atomic E-state index is 14.1. The second-order valence-corrected chi connectivity index (χ2v) is 7.89. The standard InChI is InChI=1S/C25H21F4NO3/c26-20-8-2-1-5-15(20)14-33-23-12-11-16(25(27,28)29)13-19(23)17-6-3-7-18(17)21-9-4-10-22(30-21)24(31)32/h1,4-5,9-13H,2-3,6-8,14H2,(H,31,32). The molecule has 2 aliphatic rings. The highest BCUT2D eigenvalue weighted by Crippen LogP contribution is 2.44. The minimum absolute atomic E-state index is 0.101. The molecule has 1 N–H and O–H groups in total. The molecule has 4 nitrogen and oxygen atoms in total. The van der Waals surface area contributed by atoms with Gasteiger partial charge in [0.15, 0.2) is 0 Å². The first-order valence-electron chi connectivity index (χ1n) is 10.6. The van der Waals surface area contributed by atoms with Gasteiger partial charge in [0.05, 0.1) is 11.3 Å². The molecule has 0 saturated carbocycles. The number of hydrogen-bond donors (Lipinski definition) is 1. The Kier molecular flexibility index (Phi) is 6.35. The largest absolute Gasteiger partial charge is 0.488 e. The third-order valence-electron chi connectivity index (χ3n) is 5.71. The molecule has 2 aliphatic carbocycles. The second kappa shape index (κ2) is 9.21. The van der Waals surface area contributed by atoms with Gasteiger partial charge >= 0.3 is 12.1 Å². The molecule has 0 radical (unpaired) electrons. The van der Waals surface area contributed by atoms with Gasteiger partial charge in [-0.05, 0) is 67.2 Å². The molecule has 0 amide bonds. The minimum atomic E-state index is -4.55. The van der Waals surface area contributed by atoms with Crippen LogP contribution in [0.4, 0.5) is 17.6 Å². The summed E-state index contributed by atoms with van der Waals surface area (Å²) in [6, 6.07) is 7.81. The van der Waals surface area contributed by atoms with Gasteiger partial charge in [-0.1, -0.05) is 18.2 Å². The molecular formula is C25H21F4NO3. The van der Waals surface area contributed by atoms with E-state index in [2.05, 4.69) is 4.98 Å². The number of carboxylic acid groups (broad SMARTS) is 1. The topological polar surface area (TPSA) is 59.4 Å². The van der Waals surface area contributed by atoms with Crippen LogP contribution < -0.4 is 4.74 Å². The Hall–Kier alpha value is -3.42. The van der Waals surface area contributed by atoms with Gasteiger partial charge in [0.25, 0.3) is 0 Å². The van der Waals surface area contributed by atoms with Crippen LogP contribution in [0, 0.1) is 0 Å². The van der Waals surface area contributed by atoms with E-state index in [1.807, 2.05) is 6.08 Å². The molecule has 0 bridgehead atoms. The molecule has 0 atom stereocenters. The van der Waals surface area contributed by atoms with E-state index < -0.39 is 17.7 Å². The van der Waals surface area contributed by atoms with Crippen LogP contribution >= 0.6 is 0 Å². The predicted molar refractivity (Wildman–Crippen MR) is 115 cm³/mol. The molecule has 33 heavy (non-hydrogen) atoms. The zero-order chi connectivity index (χ0) is 23.6. The van der Waals surface area contributed by atoms with Crippen molar-refractivity contribution in [2.75, 3.05) is 6.61 Å². The Bertz CT molecular complexity index is 1180. The van der Waals surface area contributed by atoms with E-state index in [-0.39, 0.29) is 35.9 Å². The summed E-state index contributed by atoms with van der Waals surface area (Å²) in [5.74, 6) is -1.26. The van der Waals surface area contributed by atoms with E-state index in [1.54, 1.807) is 18.2 Å². The van der Waals surface area contributed by atoms with E-state index in [4.69, 9.17) is 4.74 Å². The fourth-order valence-corrected chi connectivity index (χ4v) is 4.08. The van der Waals surface area contributed by atoms with Crippen LogP contribution in [-0.2, 0) is 6.18 Å². The van der Waals surface area contributed by atoms with Gasteiger partial charge in [-0.3, -0.25) is 0 Å². The quantitative estimate of drug-likeness (QED) is 0.480. The average Bonchev–Trinajstić information content (AvgIpc) is 3.28. The molecular weight excluding hydrogens is 438 g/mol. The average molecular weight is 459 g/mol. The molecule has 1 aromatic heterocycles. The number of allylic oxidation sites excluding steroid dienone is 4. The van der Waals surface area contributed by atoms with Crippen LogP contribution in [-0.4, -0.2) is 22.7 Å². The smallest absolute Gasteiger partial charge is 0.416 e. The summed E-state index contributed by atoms with van der Waals surface area (Å²) in [5, 5.41) is 9.26. The molecule has 0 aliphatic heterocycles. The third-order valence-corrected chi connectivity index (χ3v) is 5.71. The van der Waals surface area contributed by atoms with Crippen molar-refractivity contribution in [1.29, 1.82) is 0 Å². The SMILES string of the molecule is O=C(O)c1cccc(C2=C(c3cc(C(F)(F)F)ccc3OCC3=C(F)CCC=C3)CCC2)n1. The van der Waals surface area contributed by atoms with Crippen LogP contribution in [0.3, 0.4) is 0 Å². The molecule has 1 aromatic carbocycles. The first kappa shape index (κ1) is 22.8. The van der Waals surface area contributed by atoms with Crippen LogP contribution in [0.25, 0.3) is 11.1 Å². The van der Waals surface area contributed by atoms with Gasteiger partial charge in [-0.25, -0.2) is 14.2 Å². The molecule has 8 heteroatoms. The first-order valence-corrected chi connectivity index (χ1v) is 10.6. The number of pyridine rings is 1. The third kappa shape index (κ3) is 4.99. The number of nitrogens with zero attached hydrogens (tertiary/aromatic N) is 1. The lowest BCUT2D eigenvalue weighted by atomic mass is 9.96. The molecule has 1 heterocycles. The molecule has 172 valence electrons. The number of rotatable bonds is 6. The second-order valence-electron chi connectivity index (χ2n) is 7.89. The van der Waals surface area contributed by atoms with E-state index in [1.165, 1.54) is 12.1 Å².